The van der Waals surface area contributed by atoms with Gasteiger partial charge in [-0.15, -0.1) is 0 Å². The predicted molar refractivity (Wildman–Crippen MR) is 62.0 cm³/mol. The van der Waals surface area contributed by atoms with Crippen molar-refractivity contribution in [3.05, 3.63) is 23.8 Å². The molecule has 2 rings (SSSR count). The van der Waals surface area contributed by atoms with Crippen LogP contribution in [0.4, 0.5) is 5.69 Å². The second-order valence-electron chi connectivity index (χ2n) is 3.22. The maximum Gasteiger partial charge on any atom is 0.326 e. The van der Waals surface area contributed by atoms with Crippen LogP contribution in [0.3, 0.4) is 0 Å². The van der Waals surface area contributed by atoms with E-state index in [4.69, 9.17) is 9.60 Å². The number of phenols is 1. The van der Waals surface area contributed by atoms with Crippen molar-refractivity contribution in [2.45, 2.75) is 19.7 Å². The summed E-state index contributed by atoms with van der Waals surface area (Å²) in [5, 5.41) is 9.65. The van der Waals surface area contributed by atoms with Gasteiger partial charge in [-0.1, -0.05) is 6.07 Å². The number of anilines is 1. The van der Waals surface area contributed by atoms with Gasteiger partial charge in [0.25, 0.3) is 5.91 Å². The van der Waals surface area contributed by atoms with Gasteiger partial charge < -0.3 is 5.11 Å². The summed E-state index contributed by atoms with van der Waals surface area (Å²) < 4.78 is 77.7. The topological polar surface area (TPSA) is 86.7 Å². The van der Waals surface area contributed by atoms with Crippen LogP contribution in [0.2, 0.25) is 0 Å². The third-order valence-electron chi connectivity index (χ3n) is 2.13. The Morgan fingerprint density at radius 3 is 2.88 bits per heavy atom. The van der Waals surface area contributed by atoms with E-state index in [2.05, 4.69) is 0 Å². The highest BCUT2D eigenvalue weighted by Crippen LogP contribution is 2.34. The lowest BCUT2D eigenvalue weighted by atomic mass is 10.1. The van der Waals surface area contributed by atoms with E-state index in [9.17, 15) is 18.3 Å². The summed E-state index contributed by atoms with van der Waals surface area (Å²) in [6.07, 6.45) is 0. The molecule has 0 saturated carbocycles. The Balaban J connectivity index is 2.80. The van der Waals surface area contributed by atoms with Crippen molar-refractivity contribution in [2.24, 2.45) is 0 Å². The van der Waals surface area contributed by atoms with Crippen molar-refractivity contribution in [1.82, 2.24) is 4.31 Å². The number of fused-ring (bicyclic) bond motifs is 1. The lowest BCUT2D eigenvalue weighted by Crippen LogP contribution is -2.48. The number of benzene rings is 1. The molecule has 0 spiro atoms. The SMILES string of the molecule is [2H]C([2H])([2H])C([2H])(N1C(=O)c2cccc(O)c2NS1(=O)=O)C([2H])([2H])[2H]. The van der Waals surface area contributed by atoms with E-state index in [0.717, 1.165) is 12.1 Å². The fraction of sp³-hybridized carbons (Fsp3) is 0.300. The normalized spacial score (nSPS) is 26.0. The minimum atomic E-state index is -5.07. The number of nitrogens with one attached hydrogen (secondary N) is 1. The van der Waals surface area contributed by atoms with E-state index < -0.39 is 57.1 Å². The van der Waals surface area contributed by atoms with E-state index in [1.165, 1.54) is 6.07 Å². The highest BCUT2D eigenvalue weighted by Gasteiger charge is 2.38. The highest BCUT2D eigenvalue weighted by molar-refractivity contribution is 7.91. The Morgan fingerprint density at radius 1 is 1.53 bits per heavy atom. The van der Waals surface area contributed by atoms with Crippen molar-refractivity contribution in [1.29, 1.82) is 0 Å². The van der Waals surface area contributed by atoms with Crippen molar-refractivity contribution in [3.63, 3.8) is 0 Å². The number of phenolic OH excluding ortho intramolecular Hbond substituents is 1. The summed E-state index contributed by atoms with van der Waals surface area (Å²) in [4.78, 5) is 12.5. The molecule has 7 heteroatoms. The molecule has 0 radical (unpaired) electrons. The number of carbonyl (C=O) groups is 1. The fourth-order valence-electron chi connectivity index (χ4n) is 1.44. The lowest BCUT2D eigenvalue weighted by Gasteiger charge is -2.31. The van der Waals surface area contributed by atoms with Gasteiger partial charge in [-0.25, -0.2) is 4.31 Å². The predicted octanol–water partition coefficient (Wildman–Crippen LogP) is 0.913. The Kier molecular flexibility index (Phi) is 1.22. The average Bonchev–Trinajstić information content (AvgIpc) is 2.36. The molecule has 1 amide bonds. The summed E-state index contributed by atoms with van der Waals surface area (Å²) in [7, 11) is -5.07. The van der Waals surface area contributed by atoms with E-state index >= 15 is 0 Å². The van der Waals surface area contributed by atoms with Crippen LogP contribution in [-0.2, 0) is 10.2 Å². The van der Waals surface area contributed by atoms with Crippen LogP contribution in [0.25, 0.3) is 0 Å². The molecule has 1 aliphatic heterocycles. The number of hydrogen-bond donors (Lipinski definition) is 2. The van der Waals surface area contributed by atoms with Gasteiger partial charge in [0.15, 0.2) is 0 Å². The molecule has 17 heavy (non-hydrogen) atoms. The third kappa shape index (κ3) is 1.72. The summed E-state index contributed by atoms with van der Waals surface area (Å²) in [5.74, 6) is -2.15. The van der Waals surface area contributed by atoms with Gasteiger partial charge in [-0.3, -0.25) is 9.52 Å². The van der Waals surface area contributed by atoms with Gasteiger partial charge in [0, 0.05) is 14.2 Å². The molecule has 0 unspecified atom stereocenters. The highest BCUT2D eigenvalue weighted by atomic mass is 32.2. The number of rotatable bonds is 1. The van der Waals surface area contributed by atoms with Gasteiger partial charge in [-0.05, 0) is 25.8 Å². The van der Waals surface area contributed by atoms with Crippen molar-refractivity contribution < 1.29 is 27.9 Å². The average molecular weight is 263 g/mol. The standard InChI is InChI=1S/C10H12N2O4S/c1-6(2)12-10(14)7-4-3-5-8(13)9(7)11-17(12,15)16/h3-6,11,13H,1-2H3/i1D3,2D3,6D. The summed E-state index contributed by atoms with van der Waals surface area (Å²) in [6, 6.07) is -0.441. The van der Waals surface area contributed by atoms with Crippen LogP contribution in [0.1, 0.15) is 33.7 Å². The Bertz CT molecular complexity index is 788. The third-order valence-corrected chi connectivity index (χ3v) is 3.42. The molecule has 1 aromatic rings. The zero-order valence-electron chi connectivity index (χ0n) is 15.3. The van der Waals surface area contributed by atoms with Crippen LogP contribution in [-0.4, -0.2) is 29.8 Å². The molecule has 92 valence electrons. The molecular weight excluding hydrogens is 244 g/mol. The largest absolute Gasteiger partial charge is 0.506 e. The van der Waals surface area contributed by atoms with Gasteiger partial charge in [0.1, 0.15) is 11.4 Å². The Labute approximate surface area is 109 Å². The molecular formula is C10H12N2O4S. The second-order valence-corrected chi connectivity index (χ2v) is 4.74. The number of amides is 1. The van der Waals surface area contributed by atoms with Crippen LogP contribution in [0, 0.1) is 0 Å². The Morgan fingerprint density at radius 2 is 2.24 bits per heavy atom. The van der Waals surface area contributed by atoms with Gasteiger partial charge in [-0.2, -0.15) is 8.42 Å². The number of nitrogens with zero attached hydrogens (tertiary/aromatic N) is 1. The quantitative estimate of drug-likeness (QED) is 0.737. The second kappa shape index (κ2) is 3.63. The number of aromatic hydroxyl groups is 1. The number of hydrogen-bond acceptors (Lipinski definition) is 4. The van der Waals surface area contributed by atoms with Crippen LogP contribution < -0.4 is 4.72 Å². The first-order chi connectivity index (χ1) is 10.6. The maximum absolute atomic E-state index is 12.5. The van der Waals surface area contributed by atoms with Gasteiger partial charge in [0.05, 0.1) is 6.93 Å². The molecule has 2 N–H and O–H groups in total. The summed E-state index contributed by atoms with van der Waals surface area (Å²) in [5.41, 5.74) is -0.993. The van der Waals surface area contributed by atoms with E-state index in [1.807, 2.05) is 0 Å². The smallest absolute Gasteiger partial charge is 0.326 e. The van der Waals surface area contributed by atoms with Crippen LogP contribution in [0.15, 0.2) is 18.2 Å². The van der Waals surface area contributed by atoms with Crippen molar-refractivity contribution in [2.75, 3.05) is 4.72 Å². The summed E-state index contributed by atoms with van der Waals surface area (Å²) in [6.45, 7) is -7.34. The minimum Gasteiger partial charge on any atom is -0.506 e. The molecule has 1 aliphatic rings. The molecule has 1 aromatic carbocycles. The van der Waals surface area contributed by atoms with Gasteiger partial charge in [0.2, 0.25) is 0 Å². The van der Waals surface area contributed by atoms with Crippen LogP contribution in [0.5, 0.6) is 5.75 Å². The molecule has 0 saturated heterocycles. The number of para-hydroxylation sites is 1. The van der Waals surface area contributed by atoms with Crippen molar-refractivity contribution >= 4 is 21.8 Å². The van der Waals surface area contributed by atoms with Crippen LogP contribution >= 0.6 is 0 Å². The Hall–Kier alpha value is -1.76. The zero-order chi connectivity index (χ0) is 18.7. The first kappa shape index (κ1) is 5.72. The van der Waals surface area contributed by atoms with E-state index in [-0.39, 0.29) is 0 Å². The summed E-state index contributed by atoms with van der Waals surface area (Å²) >= 11 is 0. The fourth-order valence-corrected chi connectivity index (χ4v) is 2.56. The first-order valence-corrected chi connectivity index (χ1v) is 5.78. The molecule has 6 nitrogen and oxygen atoms in total. The van der Waals surface area contributed by atoms with Crippen molar-refractivity contribution in [3.8, 4) is 5.75 Å². The maximum atomic E-state index is 12.5. The van der Waals surface area contributed by atoms with E-state index in [1.54, 1.807) is 4.72 Å². The molecule has 0 atom stereocenters. The molecule has 0 bridgehead atoms. The molecule has 0 aromatic heterocycles. The van der Waals surface area contributed by atoms with E-state index in [0.29, 0.717) is 0 Å². The molecule has 0 aliphatic carbocycles. The minimum absolute atomic E-state index is 0.477. The monoisotopic (exact) mass is 263 g/mol. The van der Waals surface area contributed by atoms with Gasteiger partial charge >= 0.3 is 10.2 Å². The number of carbonyl (C=O) groups excluding carboxylic acids is 1. The zero-order valence-corrected chi connectivity index (χ0v) is 9.08. The lowest BCUT2D eigenvalue weighted by molar-refractivity contribution is 0.0833. The molecule has 0 fully saturated rings. The first-order valence-electron chi connectivity index (χ1n) is 7.84. The molecule has 1 heterocycles.